The first-order valence-electron chi connectivity index (χ1n) is 23.7. The van der Waals surface area contributed by atoms with Crippen LogP contribution in [-0.4, -0.2) is 177 Å². The lowest BCUT2D eigenvalue weighted by atomic mass is 10.0. The van der Waals surface area contributed by atoms with Crippen LogP contribution in [-0.2, 0) is 65.6 Å². The van der Waals surface area contributed by atoms with Gasteiger partial charge in [-0.1, -0.05) is 64.1 Å². The minimum absolute atomic E-state index is 0.0219. The Kier molecular flexibility index (Phi) is 24.0. The number of carbonyl (C=O) groups is 11. The number of carboxylic acid groups (broad SMARTS) is 1. The first kappa shape index (κ1) is 60.9. The summed E-state index contributed by atoms with van der Waals surface area (Å²) in [5.41, 5.74) is 29.1. The maximum absolute atomic E-state index is 14.6. The van der Waals surface area contributed by atoms with Crippen molar-refractivity contribution in [1.82, 2.24) is 42.1 Å². The van der Waals surface area contributed by atoms with E-state index in [0.29, 0.717) is 11.1 Å². The van der Waals surface area contributed by atoms with E-state index < -0.39 is 152 Å². The van der Waals surface area contributed by atoms with Crippen LogP contribution in [0.2, 0.25) is 0 Å². The zero-order chi connectivity index (χ0) is 56.1. The van der Waals surface area contributed by atoms with Crippen molar-refractivity contribution in [3.05, 3.63) is 65.7 Å². The van der Waals surface area contributed by atoms with Crippen molar-refractivity contribution in [1.29, 1.82) is 0 Å². The van der Waals surface area contributed by atoms with Crippen molar-refractivity contribution in [2.75, 3.05) is 31.1 Å². The summed E-state index contributed by atoms with van der Waals surface area (Å²) in [6.07, 6.45) is -3.82. The highest BCUT2D eigenvalue weighted by atomic mass is 33.1. The van der Waals surface area contributed by atoms with Crippen molar-refractivity contribution in [2.24, 2.45) is 33.7 Å². The number of carbonyl (C=O) groups excluding carboxylic acids is 10. The number of phenols is 1. The molecule has 28 nitrogen and oxygen atoms in total. The van der Waals surface area contributed by atoms with E-state index in [1.54, 1.807) is 30.3 Å². The average molecular weight is 1100 g/mol. The largest absolute Gasteiger partial charge is 0.508 e. The Hall–Kier alpha value is -7.70. The number of carboxylic acids is 1. The molecule has 0 spiro atoms. The fourth-order valence-electron chi connectivity index (χ4n) is 7.79. The van der Waals surface area contributed by atoms with Gasteiger partial charge in [-0.25, -0.2) is 0 Å². The summed E-state index contributed by atoms with van der Waals surface area (Å²) in [5.74, 6) is -12.0. The van der Waals surface area contributed by atoms with Gasteiger partial charge in [-0.3, -0.25) is 57.7 Å². The number of primary amides is 2. The van der Waals surface area contributed by atoms with E-state index >= 15 is 0 Å². The zero-order valence-electron chi connectivity index (χ0n) is 41.0. The lowest BCUT2D eigenvalue weighted by molar-refractivity contribution is -0.142. The number of hydrogen-bond donors (Lipinski definition) is 15. The summed E-state index contributed by atoms with van der Waals surface area (Å²) in [7, 11) is 1.86. The fraction of sp³-hybridized carbons (Fsp3) is 0.478. The Morgan fingerprint density at radius 3 is 1.91 bits per heavy atom. The van der Waals surface area contributed by atoms with Crippen LogP contribution >= 0.6 is 21.6 Å². The Labute approximate surface area is 443 Å². The second-order valence-corrected chi connectivity index (χ2v) is 20.3. The van der Waals surface area contributed by atoms with Gasteiger partial charge in [-0.15, -0.1) is 0 Å². The molecular formula is C46H64N14O14S2. The third-order valence-electron chi connectivity index (χ3n) is 11.6. The van der Waals surface area contributed by atoms with Crippen LogP contribution in [0.1, 0.15) is 49.7 Å². The summed E-state index contributed by atoms with van der Waals surface area (Å²) in [6.45, 7) is -1.25. The number of aliphatic imine (C=N–C) groups is 1. The van der Waals surface area contributed by atoms with Gasteiger partial charge in [0.25, 0.3) is 0 Å². The molecule has 2 aliphatic rings. The molecule has 414 valence electrons. The lowest BCUT2D eigenvalue weighted by Crippen LogP contribution is -2.61. The highest BCUT2D eigenvalue weighted by Crippen LogP contribution is 2.26. The van der Waals surface area contributed by atoms with E-state index in [4.69, 9.17) is 33.8 Å². The number of hydrogen-bond acceptors (Lipinski definition) is 17. The van der Waals surface area contributed by atoms with Gasteiger partial charge < -0.3 is 86.1 Å². The normalized spacial score (nSPS) is 23.4. The average Bonchev–Trinajstić information content (AvgIpc) is 3.76. The van der Waals surface area contributed by atoms with E-state index in [-0.39, 0.29) is 61.9 Å². The molecule has 2 aromatic rings. The SMILES string of the molecule is NC(=O)CC[C@H]1NC(=O)[C@H](Cc2ccccc2)NC(=O)[C@@H](Cc2ccc(O)cc2)NC(=O)[C@H](N)CSSC[C@@H](C(=O)N2CC(O)C[C@@H]2C(=O)N[C@@H](CCCN=C(N)N)C(=O)NCC(=O)O)NC(=O)[C@H](CC(N)=O)NC1=O. The minimum atomic E-state index is -1.86. The number of phenolic OH excluding ortho intramolecular Hbond substituents is 1. The molecule has 2 aromatic carbocycles. The number of aliphatic carboxylic acids is 1. The van der Waals surface area contributed by atoms with Crippen LogP contribution in [0.3, 0.4) is 0 Å². The van der Waals surface area contributed by atoms with Crippen molar-refractivity contribution >= 4 is 92.6 Å². The summed E-state index contributed by atoms with van der Waals surface area (Å²) in [5, 5.41) is 47.1. The molecule has 9 atom stereocenters. The number of nitrogens with zero attached hydrogens (tertiary/aromatic N) is 2. The highest BCUT2D eigenvalue weighted by molar-refractivity contribution is 8.76. The topological polar surface area (TPSA) is 478 Å². The molecule has 0 aliphatic carbocycles. The number of aromatic hydroxyl groups is 1. The number of benzene rings is 2. The molecule has 4 rings (SSSR count). The zero-order valence-corrected chi connectivity index (χ0v) is 42.6. The first-order chi connectivity index (χ1) is 36.0. The quantitative estimate of drug-likeness (QED) is 0.0270. The number of rotatable bonds is 19. The van der Waals surface area contributed by atoms with Crippen LogP contribution < -0.4 is 65.9 Å². The molecule has 2 heterocycles. The molecule has 10 amide bonds. The fourth-order valence-corrected chi connectivity index (χ4v) is 10.1. The van der Waals surface area contributed by atoms with Crippen LogP contribution in [0.5, 0.6) is 5.75 Å². The molecule has 0 aromatic heterocycles. The number of nitrogens with two attached hydrogens (primary N) is 5. The van der Waals surface area contributed by atoms with Gasteiger partial charge in [-0.05, 0) is 42.5 Å². The summed E-state index contributed by atoms with van der Waals surface area (Å²) >= 11 is 0. The van der Waals surface area contributed by atoms with Gasteiger partial charge in [0, 0.05) is 50.3 Å². The molecule has 0 saturated carbocycles. The molecule has 0 radical (unpaired) electrons. The van der Waals surface area contributed by atoms with Gasteiger partial charge in [0.2, 0.25) is 59.1 Å². The maximum Gasteiger partial charge on any atom is 0.322 e. The van der Waals surface area contributed by atoms with Gasteiger partial charge in [-0.2, -0.15) is 0 Å². The van der Waals surface area contributed by atoms with Crippen LogP contribution in [0, 0.1) is 0 Å². The molecule has 2 aliphatic heterocycles. The van der Waals surface area contributed by atoms with E-state index in [1.807, 2.05) is 0 Å². The van der Waals surface area contributed by atoms with Gasteiger partial charge in [0.1, 0.15) is 54.6 Å². The standard InChI is InChI=1S/C46H64N14O14S2/c47-27-21-75-76-22-33(45(74)60-20-26(62)17-34(60)44(73)55-28(7-4-14-52-46(50)51)39(68)53-19-37(65)66)59-43(72)32(18-36(49)64)58-40(69)29(12-13-35(48)63)54-41(70)31(15-23-5-2-1-3-6-23)57-42(71)30(56-38(27)67)16-24-8-10-25(61)11-9-24/h1-3,5-6,8-11,26-34,61-62H,4,7,12-22,47H2,(H2,48,63)(H2,49,64)(H,53,68)(H,54,70)(H,55,73)(H,56,67)(H,57,71)(H,58,69)(H,59,72)(H,65,66)(H4,50,51,52)/t26?,27-,28+,29-,30-,31+,32+,33+,34-/m1/s1. The Bertz CT molecular complexity index is 2450. The van der Waals surface area contributed by atoms with E-state index in [1.165, 1.54) is 24.3 Å². The molecule has 30 heteroatoms. The van der Waals surface area contributed by atoms with Gasteiger partial charge in [0.15, 0.2) is 5.96 Å². The number of likely N-dealkylation sites (tertiary alicyclic amines) is 1. The van der Waals surface area contributed by atoms with Crippen LogP contribution in [0.4, 0.5) is 0 Å². The second-order valence-electron chi connectivity index (χ2n) is 17.7. The number of aliphatic hydroxyl groups excluding tert-OH is 1. The number of β-amino-alcohol motifs (C(OH)–C–C–N with tert-alkyl or cyclic N) is 1. The van der Waals surface area contributed by atoms with Gasteiger partial charge >= 0.3 is 5.97 Å². The molecule has 0 bridgehead atoms. The molecular weight excluding hydrogens is 1040 g/mol. The number of aliphatic hydroxyl groups is 1. The van der Waals surface area contributed by atoms with Crippen LogP contribution in [0.25, 0.3) is 0 Å². The summed E-state index contributed by atoms with van der Waals surface area (Å²) in [6, 6.07) is 1.89. The minimum Gasteiger partial charge on any atom is -0.508 e. The molecule has 2 fully saturated rings. The first-order valence-corrected chi connectivity index (χ1v) is 26.2. The predicted octanol–water partition coefficient (Wildman–Crippen LogP) is -5.83. The van der Waals surface area contributed by atoms with Crippen molar-refractivity contribution in [3.8, 4) is 5.75 Å². The highest BCUT2D eigenvalue weighted by Gasteiger charge is 2.43. The monoisotopic (exact) mass is 1100 g/mol. The third kappa shape index (κ3) is 20.2. The molecule has 2 saturated heterocycles. The van der Waals surface area contributed by atoms with Crippen LogP contribution in [0.15, 0.2) is 59.6 Å². The maximum atomic E-state index is 14.6. The predicted molar refractivity (Wildman–Crippen MR) is 275 cm³/mol. The third-order valence-corrected chi connectivity index (χ3v) is 14.1. The smallest absolute Gasteiger partial charge is 0.322 e. The number of amides is 10. The molecule has 1 unspecified atom stereocenters. The van der Waals surface area contributed by atoms with Crippen molar-refractivity contribution < 1.29 is 68.1 Å². The van der Waals surface area contributed by atoms with E-state index in [9.17, 15) is 63.0 Å². The van der Waals surface area contributed by atoms with Gasteiger partial charge in [0.05, 0.1) is 18.6 Å². The van der Waals surface area contributed by atoms with Crippen molar-refractivity contribution in [2.45, 2.75) is 106 Å². The van der Waals surface area contributed by atoms with Crippen molar-refractivity contribution in [3.63, 3.8) is 0 Å². The number of nitrogens with one attached hydrogen (secondary N) is 7. The van der Waals surface area contributed by atoms with E-state index in [2.05, 4.69) is 42.2 Å². The molecule has 76 heavy (non-hydrogen) atoms. The summed E-state index contributed by atoms with van der Waals surface area (Å²) < 4.78 is 0. The second kappa shape index (κ2) is 30.0. The lowest BCUT2D eigenvalue weighted by Gasteiger charge is -2.30. The Balaban J connectivity index is 1.73. The molecule has 20 N–H and O–H groups in total. The Morgan fingerprint density at radius 1 is 0.737 bits per heavy atom. The Morgan fingerprint density at radius 2 is 1.30 bits per heavy atom. The van der Waals surface area contributed by atoms with E-state index in [0.717, 1.165) is 26.5 Å². The number of guanidine groups is 1. The summed E-state index contributed by atoms with van der Waals surface area (Å²) in [4.78, 5) is 153.